The molecule has 0 bridgehead atoms. The van der Waals surface area contributed by atoms with E-state index in [0.717, 1.165) is 39.7 Å². The highest BCUT2D eigenvalue weighted by atomic mass is 35.5. The highest BCUT2D eigenvalue weighted by Gasteiger charge is 2.17. The molecule has 0 aliphatic heterocycles. The van der Waals surface area contributed by atoms with Gasteiger partial charge in [0, 0.05) is 11.8 Å². The number of benzene rings is 1. The van der Waals surface area contributed by atoms with Crippen LogP contribution in [0.4, 0.5) is 0 Å². The number of methoxy groups -OCH3 is 1. The van der Waals surface area contributed by atoms with Crippen molar-refractivity contribution in [3.05, 3.63) is 45.8 Å². The highest BCUT2D eigenvalue weighted by molar-refractivity contribution is 7.15. The fraction of sp³-hybridized carbons (Fsp3) is 0.235. The van der Waals surface area contributed by atoms with Crippen molar-refractivity contribution in [1.29, 1.82) is 0 Å². The molecule has 0 aliphatic carbocycles. The Hall–Kier alpha value is -1.69. The van der Waals surface area contributed by atoms with Crippen molar-refractivity contribution in [2.45, 2.75) is 19.8 Å². The van der Waals surface area contributed by atoms with E-state index in [1.807, 2.05) is 24.3 Å². The van der Waals surface area contributed by atoms with E-state index in [2.05, 4.69) is 16.9 Å². The Bertz CT molecular complexity index is 867. The van der Waals surface area contributed by atoms with Crippen LogP contribution in [0, 0.1) is 0 Å². The van der Waals surface area contributed by atoms with E-state index >= 15 is 0 Å². The van der Waals surface area contributed by atoms with Crippen molar-refractivity contribution >= 4 is 34.5 Å². The van der Waals surface area contributed by atoms with Crippen LogP contribution in [0.5, 0.6) is 5.75 Å². The summed E-state index contributed by atoms with van der Waals surface area (Å²) in [5, 5.41) is 1.85. The monoisotopic (exact) mass is 379 g/mol. The Balaban J connectivity index is 2.16. The molecule has 4 nitrogen and oxygen atoms in total. The Morgan fingerprint density at radius 2 is 2.00 bits per heavy atom. The Labute approximate surface area is 154 Å². The molecule has 0 N–H and O–H groups in total. The van der Waals surface area contributed by atoms with Gasteiger partial charge in [-0.2, -0.15) is 0 Å². The molecule has 0 unspecified atom stereocenters. The second kappa shape index (κ2) is 7.47. The summed E-state index contributed by atoms with van der Waals surface area (Å²) < 4.78 is 5.32. The average molecular weight is 380 g/mol. The molecule has 2 aromatic heterocycles. The first-order valence-electron chi connectivity index (χ1n) is 7.45. The van der Waals surface area contributed by atoms with Gasteiger partial charge in [0.25, 0.3) is 0 Å². The molecule has 0 atom stereocenters. The molecular formula is C17H15Cl2N3OS. The normalized spacial score (nSPS) is 10.8. The summed E-state index contributed by atoms with van der Waals surface area (Å²) in [6.07, 6.45) is 3.60. The van der Waals surface area contributed by atoms with Crippen molar-refractivity contribution < 1.29 is 4.74 Å². The van der Waals surface area contributed by atoms with Gasteiger partial charge >= 0.3 is 0 Å². The molecule has 0 amide bonds. The Morgan fingerprint density at radius 3 is 2.71 bits per heavy atom. The van der Waals surface area contributed by atoms with Crippen LogP contribution in [-0.4, -0.2) is 22.1 Å². The number of hydrogen-bond donors (Lipinski definition) is 0. The van der Waals surface area contributed by atoms with Gasteiger partial charge in [0.05, 0.1) is 33.4 Å². The van der Waals surface area contributed by atoms with Crippen LogP contribution in [0.15, 0.2) is 30.5 Å². The lowest BCUT2D eigenvalue weighted by Gasteiger charge is -2.06. The summed E-state index contributed by atoms with van der Waals surface area (Å²) in [7, 11) is 1.60. The minimum atomic E-state index is 0.220. The van der Waals surface area contributed by atoms with Crippen molar-refractivity contribution in [2.24, 2.45) is 0 Å². The van der Waals surface area contributed by atoms with Gasteiger partial charge in [0.1, 0.15) is 5.75 Å². The Kier molecular flexibility index (Phi) is 5.33. The molecule has 0 aliphatic rings. The van der Waals surface area contributed by atoms with Crippen LogP contribution in [0.1, 0.15) is 18.4 Å². The predicted molar refractivity (Wildman–Crippen MR) is 99.1 cm³/mol. The minimum absolute atomic E-state index is 0.220. The number of thiazole rings is 1. The zero-order valence-corrected chi connectivity index (χ0v) is 15.5. The van der Waals surface area contributed by atoms with Gasteiger partial charge in [-0.15, -0.1) is 11.3 Å². The molecule has 2 heterocycles. The third-order valence-electron chi connectivity index (χ3n) is 3.42. The molecule has 0 radical (unpaired) electrons. The van der Waals surface area contributed by atoms with E-state index in [1.54, 1.807) is 24.6 Å². The number of rotatable bonds is 5. The van der Waals surface area contributed by atoms with Gasteiger partial charge in [-0.1, -0.05) is 24.6 Å². The van der Waals surface area contributed by atoms with E-state index in [9.17, 15) is 0 Å². The fourth-order valence-electron chi connectivity index (χ4n) is 2.32. The molecule has 1 aromatic carbocycles. The van der Waals surface area contributed by atoms with Crippen LogP contribution in [0.3, 0.4) is 0 Å². The van der Waals surface area contributed by atoms with E-state index in [-0.39, 0.29) is 5.28 Å². The molecular weight excluding hydrogens is 365 g/mol. The van der Waals surface area contributed by atoms with Crippen LogP contribution >= 0.6 is 34.5 Å². The van der Waals surface area contributed by atoms with Gasteiger partial charge in [-0.25, -0.2) is 15.0 Å². The van der Waals surface area contributed by atoms with Crippen LogP contribution in [0.2, 0.25) is 10.3 Å². The van der Waals surface area contributed by atoms with E-state index < -0.39 is 0 Å². The maximum atomic E-state index is 6.14. The molecule has 24 heavy (non-hydrogen) atoms. The largest absolute Gasteiger partial charge is 0.495 e. The van der Waals surface area contributed by atoms with Crippen molar-refractivity contribution in [3.8, 4) is 27.6 Å². The van der Waals surface area contributed by atoms with Gasteiger partial charge in [0.2, 0.25) is 5.28 Å². The lowest BCUT2D eigenvalue weighted by molar-refractivity contribution is 0.415. The standard InChI is InChI=1S/C17H15Cl2N3OS/c1-3-4-14-22-15(10-5-6-11(18)13(9-10)23-2)16(24-14)12-7-8-20-17(19)21-12/h5-9H,3-4H2,1-2H3. The van der Waals surface area contributed by atoms with Crippen LogP contribution in [0.25, 0.3) is 21.8 Å². The van der Waals surface area contributed by atoms with Crippen LogP contribution in [-0.2, 0) is 6.42 Å². The van der Waals surface area contributed by atoms with Gasteiger partial charge in [-0.05, 0) is 42.6 Å². The molecule has 7 heteroatoms. The third kappa shape index (κ3) is 3.53. The second-order valence-electron chi connectivity index (χ2n) is 5.10. The van der Waals surface area contributed by atoms with Crippen molar-refractivity contribution in [3.63, 3.8) is 0 Å². The lowest BCUT2D eigenvalue weighted by Crippen LogP contribution is -1.90. The Morgan fingerprint density at radius 1 is 1.17 bits per heavy atom. The summed E-state index contributed by atoms with van der Waals surface area (Å²) in [4.78, 5) is 14.0. The zero-order valence-electron chi connectivity index (χ0n) is 13.2. The number of hydrogen-bond acceptors (Lipinski definition) is 5. The van der Waals surface area contributed by atoms with Crippen molar-refractivity contribution in [2.75, 3.05) is 7.11 Å². The molecule has 0 spiro atoms. The predicted octanol–water partition coefficient (Wildman–Crippen LogP) is 5.54. The highest BCUT2D eigenvalue weighted by Crippen LogP contribution is 2.39. The first-order valence-corrected chi connectivity index (χ1v) is 9.02. The first kappa shape index (κ1) is 17.1. The van der Waals surface area contributed by atoms with E-state index in [0.29, 0.717) is 10.8 Å². The first-order chi connectivity index (χ1) is 11.6. The summed E-state index contributed by atoms with van der Waals surface area (Å²) in [5.74, 6) is 0.617. The quantitative estimate of drug-likeness (QED) is 0.546. The van der Waals surface area contributed by atoms with E-state index in [1.165, 1.54) is 0 Å². The topological polar surface area (TPSA) is 47.9 Å². The third-order valence-corrected chi connectivity index (χ3v) is 5.05. The minimum Gasteiger partial charge on any atom is -0.495 e. The summed E-state index contributed by atoms with van der Waals surface area (Å²) in [6, 6.07) is 7.47. The average Bonchev–Trinajstić information content (AvgIpc) is 3.00. The number of halogens is 2. The zero-order chi connectivity index (χ0) is 17.1. The van der Waals surface area contributed by atoms with Gasteiger partial charge < -0.3 is 4.74 Å². The second-order valence-corrected chi connectivity index (χ2v) is 6.92. The van der Waals surface area contributed by atoms with Gasteiger partial charge in [-0.3, -0.25) is 0 Å². The number of ether oxygens (including phenoxy) is 1. The fourth-order valence-corrected chi connectivity index (χ4v) is 3.82. The lowest BCUT2D eigenvalue weighted by atomic mass is 10.1. The van der Waals surface area contributed by atoms with Crippen LogP contribution < -0.4 is 4.74 Å². The maximum Gasteiger partial charge on any atom is 0.222 e. The molecule has 3 aromatic rings. The SMILES string of the molecule is CCCc1nc(-c2ccc(Cl)c(OC)c2)c(-c2ccnc(Cl)n2)s1. The summed E-state index contributed by atoms with van der Waals surface area (Å²) in [5.41, 5.74) is 2.55. The van der Waals surface area contributed by atoms with Crippen molar-refractivity contribution in [1.82, 2.24) is 15.0 Å². The summed E-state index contributed by atoms with van der Waals surface area (Å²) >= 11 is 13.7. The smallest absolute Gasteiger partial charge is 0.222 e. The molecule has 3 rings (SSSR count). The molecule has 0 saturated carbocycles. The number of aryl methyl sites for hydroxylation is 1. The molecule has 0 saturated heterocycles. The number of aromatic nitrogens is 3. The molecule has 124 valence electrons. The summed E-state index contributed by atoms with van der Waals surface area (Å²) in [6.45, 7) is 2.13. The maximum absolute atomic E-state index is 6.14. The molecule has 0 fully saturated rings. The van der Waals surface area contributed by atoms with E-state index in [4.69, 9.17) is 32.9 Å². The number of nitrogens with zero attached hydrogens (tertiary/aromatic N) is 3. The van der Waals surface area contributed by atoms with Gasteiger partial charge in [0.15, 0.2) is 0 Å².